The van der Waals surface area contributed by atoms with E-state index in [1.54, 1.807) is 30.5 Å². The van der Waals surface area contributed by atoms with Crippen molar-refractivity contribution in [3.8, 4) is 0 Å². The molecular formula is C24H24BNO5. The number of ketones is 1. The van der Waals surface area contributed by atoms with Crippen LogP contribution in [0.5, 0.6) is 0 Å². The first-order chi connectivity index (χ1) is 14.6. The molecule has 6 nitrogen and oxygen atoms in total. The van der Waals surface area contributed by atoms with Crippen molar-refractivity contribution in [1.82, 2.24) is 4.98 Å². The fourth-order valence-corrected chi connectivity index (χ4v) is 3.57. The van der Waals surface area contributed by atoms with Crippen LogP contribution < -0.4 is 5.46 Å². The average molecular weight is 417 g/mol. The molecule has 0 amide bonds. The van der Waals surface area contributed by atoms with Crippen LogP contribution in [0.1, 0.15) is 54.1 Å². The smallest absolute Gasteiger partial charge is 0.465 e. The number of carbonyl (C=O) groups excluding carboxylic acids is 2. The van der Waals surface area contributed by atoms with Gasteiger partial charge >= 0.3 is 13.1 Å². The minimum atomic E-state index is -0.578. The summed E-state index contributed by atoms with van der Waals surface area (Å²) in [7, 11) is 0.741. The highest BCUT2D eigenvalue weighted by Crippen LogP contribution is 2.37. The number of hydrogen-bond donors (Lipinski definition) is 0. The molecule has 31 heavy (non-hydrogen) atoms. The maximum atomic E-state index is 13.2. The molecule has 0 atom stereocenters. The van der Waals surface area contributed by atoms with Gasteiger partial charge in [-0.3, -0.25) is 9.78 Å². The second-order valence-electron chi connectivity index (χ2n) is 8.59. The van der Waals surface area contributed by atoms with E-state index in [1.165, 1.54) is 7.11 Å². The number of hydrogen-bond acceptors (Lipinski definition) is 6. The predicted octanol–water partition coefficient (Wildman–Crippen LogP) is 3.55. The van der Waals surface area contributed by atoms with Gasteiger partial charge in [-0.1, -0.05) is 36.4 Å². The molecular weight excluding hydrogens is 393 g/mol. The Kier molecular flexibility index (Phi) is 5.19. The van der Waals surface area contributed by atoms with Crippen molar-refractivity contribution in [2.75, 3.05) is 7.11 Å². The van der Waals surface area contributed by atoms with E-state index < -0.39 is 24.3 Å². The summed E-state index contributed by atoms with van der Waals surface area (Å²) in [6.45, 7) is 7.99. The van der Waals surface area contributed by atoms with E-state index in [1.807, 2.05) is 52.0 Å². The van der Waals surface area contributed by atoms with Gasteiger partial charge in [0.25, 0.3) is 0 Å². The number of methoxy groups -OCH3 is 1. The molecule has 1 saturated heterocycles. The van der Waals surface area contributed by atoms with Crippen molar-refractivity contribution in [3.05, 3.63) is 71.5 Å². The molecule has 0 saturated carbocycles. The molecule has 0 N–H and O–H groups in total. The van der Waals surface area contributed by atoms with Gasteiger partial charge in [-0.05, 0) is 45.2 Å². The van der Waals surface area contributed by atoms with Gasteiger partial charge in [-0.25, -0.2) is 4.79 Å². The largest absolute Gasteiger partial charge is 0.497 e. The van der Waals surface area contributed by atoms with Crippen LogP contribution in [0, 0.1) is 0 Å². The third kappa shape index (κ3) is 3.64. The maximum absolute atomic E-state index is 13.2. The van der Waals surface area contributed by atoms with E-state index in [4.69, 9.17) is 14.0 Å². The normalized spacial score (nSPS) is 17.0. The molecule has 0 unspecified atom stereocenters. The van der Waals surface area contributed by atoms with Gasteiger partial charge in [0, 0.05) is 22.6 Å². The third-order valence-electron chi connectivity index (χ3n) is 6.12. The second kappa shape index (κ2) is 7.59. The number of carbonyl (C=O) groups is 2. The van der Waals surface area contributed by atoms with E-state index in [2.05, 4.69) is 4.98 Å². The highest BCUT2D eigenvalue weighted by Gasteiger charge is 2.52. The molecule has 158 valence electrons. The lowest BCUT2D eigenvalue weighted by molar-refractivity contribution is 0.00578. The van der Waals surface area contributed by atoms with Gasteiger partial charge in [-0.2, -0.15) is 0 Å². The lowest BCUT2D eigenvalue weighted by Crippen LogP contribution is -2.41. The Morgan fingerprint density at radius 3 is 2.00 bits per heavy atom. The van der Waals surface area contributed by atoms with Crippen molar-refractivity contribution in [3.63, 3.8) is 0 Å². The summed E-state index contributed by atoms with van der Waals surface area (Å²) in [6, 6.07) is 13.9. The Morgan fingerprint density at radius 1 is 0.871 bits per heavy atom. The molecule has 2 aromatic carbocycles. The van der Waals surface area contributed by atoms with Crippen molar-refractivity contribution in [2.45, 2.75) is 38.9 Å². The van der Waals surface area contributed by atoms with Crippen LogP contribution in [-0.2, 0) is 14.0 Å². The number of benzene rings is 2. The fourth-order valence-electron chi connectivity index (χ4n) is 3.57. The molecule has 0 aliphatic carbocycles. The zero-order chi connectivity index (χ0) is 22.4. The molecule has 2 heterocycles. The van der Waals surface area contributed by atoms with Gasteiger partial charge in [0.05, 0.1) is 23.9 Å². The first-order valence-corrected chi connectivity index (χ1v) is 10.1. The SMILES string of the molecule is COC(=O)c1ccc(C(=O)c2ncc(B3OC(C)(C)C(C)(C)O3)c3ccccc23)cc1. The summed E-state index contributed by atoms with van der Waals surface area (Å²) in [5.74, 6) is -0.678. The predicted molar refractivity (Wildman–Crippen MR) is 119 cm³/mol. The van der Waals surface area contributed by atoms with Crippen molar-refractivity contribution >= 4 is 35.1 Å². The summed E-state index contributed by atoms with van der Waals surface area (Å²) < 4.78 is 17.1. The number of nitrogens with zero attached hydrogens (tertiary/aromatic N) is 1. The molecule has 1 aliphatic rings. The van der Waals surface area contributed by atoms with Crippen LogP contribution in [0.25, 0.3) is 10.8 Å². The molecule has 1 aliphatic heterocycles. The Balaban J connectivity index is 1.74. The molecule has 7 heteroatoms. The third-order valence-corrected chi connectivity index (χ3v) is 6.12. The highest BCUT2D eigenvalue weighted by molar-refractivity contribution is 6.65. The van der Waals surface area contributed by atoms with E-state index >= 15 is 0 Å². The number of pyridine rings is 1. The first-order valence-electron chi connectivity index (χ1n) is 10.1. The summed E-state index contributed by atoms with van der Waals surface area (Å²) in [6.07, 6.45) is 1.65. The Bertz CT molecular complexity index is 1150. The van der Waals surface area contributed by atoms with Gasteiger partial charge in [0.2, 0.25) is 5.78 Å². The van der Waals surface area contributed by atoms with Gasteiger partial charge < -0.3 is 14.0 Å². The van der Waals surface area contributed by atoms with Crippen molar-refractivity contribution < 1.29 is 23.6 Å². The van der Waals surface area contributed by atoms with E-state index in [0.29, 0.717) is 16.8 Å². The van der Waals surface area contributed by atoms with Gasteiger partial charge in [0.15, 0.2) is 0 Å². The van der Waals surface area contributed by atoms with Crippen LogP contribution in [0.2, 0.25) is 0 Å². The zero-order valence-corrected chi connectivity index (χ0v) is 18.3. The Morgan fingerprint density at radius 2 is 1.42 bits per heavy atom. The van der Waals surface area contributed by atoms with Crippen LogP contribution in [0.3, 0.4) is 0 Å². The van der Waals surface area contributed by atoms with Crippen LogP contribution in [-0.4, -0.2) is 42.2 Å². The van der Waals surface area contributed by atoms with Crippen LogP contribution >= 0.6 is 0 Å². The summed E-state index contributed by atoms with van der Waals surface area (Å²) >= 11 is 0. The number of esters is 1. The second-order valence-corrected chi connectivity index (χ2v) is 8.59. The lowest BCUT2D eigenvalue weighted by atomic mass is 9.77. The minimum absolute atomic E-state index is 0.229. The van der Waals surface area contributed by atoms with E-state index in [9.17, 15) is 9.59 Å². The number of ether oxygens (including phenoxy) is 1. The summed E-state index contributed by atoms with van der Waals surface area (Å²) in [5.41, 5.74) is 0.985. The van der Waals surface area contributed by atoms with E-state index in [0.717, 1.165) is 16.2 Å². The summed E-state index contributed by atoms with van der Waals surface area (Å²) in [4.78, 5) is 29.4. The lowest BCUT2D eigenvalue weighted by Gasteiger charge is -2.32. The highest BCUT2D eigenvalue weighted by atomic mass is 16.7. The molecule has 4 rings (SSSR count). The number of aromatic nitrogens is 1. The van der Waals surface area contributed by atoms with Gasteiger partial charge in [0.1, 0.15) is 5.69 Å². The van der Waals surface area contributed by atoms with Crippen molar-refractivity contribution in [1.29, 1.82) is 0 Å². The Labute approximate surface area is 181 Å². The monoisotopic (exact) mass is 417 g/mol. The molecule has 0 radical (unpaired) electrons. The standard InChI is InChI=1S/C24H24BNO5/c1-23(2)24(3,4)31-25(30-23)19-14-26-20(18-9-7-6-8-17(18)19)21(27)15-10-12-16(13-11-15)22(28)29-5/h6-14H,1-5H3. The number of rotatable bonds is 4. The quantitative estimate of drug-likeness (QED) is 0.367. The molecule has 0 bridgehead atoms. The average Bonchev–Trinajstić information content (AvgIpc) is 2.98. The van der Waals surface area contributed by atoms with E-state index in [-0.39, 0.29) is 5.78 Å². The Hall–Kier alpha value is -3.03. The van der Waals surface area contributed by atoms with Gasteiger partial charge in [-0.15, -0.1) is 0 Å². The molecule has 3 aromatic rings. The number of fused-ring (bicyclic) bond motifs is 1. The summed E-state index contributed by atoms with van der Waals surface area (Å²) in [5, 5.41) is 1.57. The van der Waals surface area contributed by atoms with Crippen molar-refractivity contribution in [2.24, 2.45) is 0 Å². The molecule has 0 spiro atoms. The maximum Gasteiger partial charge on any atom is 0.497 e. The minimum Gasteiger partial charge on any atom is -0.465 e. The van der Waals surface area contributed by atoms with Crippen LogP contribution in [0.15, 0.2) is 54.7 Å². The first kappa shape index (κ1) is 21.2. The zero-order valence-electron chi connectivity index (χ0n) is 18.3. The fraction of sp³-hybridized carbons (Fsp3) is 0.292. The molecule has 1 aromatic heterocycles. The topological polar surface area (TPSA) is 74.7 Å². The van der Waals surface area contributed by atoms with Crippen LogP contribution in [0.4, 0.5) is 0 Å². The molecule has 1 fully saturated rings.